The van der Waals surface area contributed by atoms with Crippen LogP contribution in [0.15, 0.2) is 24.3 Å². The first-order valence-corrected chi connectivity index (χ1v) is 12.9. The van der Waals surface area contributed by atoms with Crippen molar-refractivity contribution >= 4 is 5.97 Å². The first-order valence-electron chi connectivity index (χ1n) is 12.9. The molecule has 192 valence electrons. The summed E-state index contributed by atoms with van der Waals surface area (Å²) in [5, 5.41) is 0. The van der Waals surface area contributed by atoms with Gasteiger partial charge in [0.1, 0.15) is 12.4 Å². The fraction of sp³-hybridized carbons (Fsp3) is 0.750. The predicted octanol–water partition coefficient (Wildman–Crippen LogP) is 5.82. The molecule has 0 spiro atoms. The number of hydrogen-bond acceptors (Lipinski definition) is 6. The molecule has 3 rings (SSSR count). The highest BCUT2D eigenvalue weighted by molar-refractivity contribution is 5.65. The average molecular weight is 477 g/mol. The molecule has 34 heavy (non-hydrogen) atoms. The van der Waals surface area contributed by atoms with Crippen LogP contribution in [-0.4, -0.2) is 37.4 Å². The van der Waals surface area contributed by atoms with E-state index < -0.39 is 0 Å². The van der Waals surface area contributed by atoms with Gasteiger partial charge >= 0.3 is 5.97 Å². The number of benzene rings is 1. The SMILES string of the molecule is CCC1O[C@@H](OCc2ccc(O[C@@H]3OC(COC(C)=O)[C@H](C)[C@H](C)C3C)cc2)C(C)[C@@H](C)[C@@H]1C. The smallest absolute Gasteiger partial charge is 0.302 e. The first kappa shape index (κ1) is 27.0. The van der Waals surface area contributed by atoms with Gasteiger partial charge < -0.3 is 23.7 Å². The minimum absolute atomic E-state index is 0.178. The Morgan fingerprint density at radius 3 is 1.94 bits per heavy atom. The van der Waals surface area contributed by atoms with Gasteiger partial charge in [0, 0.05) is 18.8 Å². The summed E-state index contributed by atoms with van der Waals surface area (Å²) in [4.78, 5) is 11.3. The second-order valence-electron chi connectivity index (χ2n) is 10.5. The lowest BCUT2D eigenvalue weighted by atomic mass is 9.78. The molecule has 0 N–H and O–H groups in total. The zero-order chi connectivity index (χ0) is 25.0. The second kappa shape index (κ2) is 11.9. The lowest BCUT2D eigenvalue weighted by Gasteiger charge is -2.43. The van der Waals surface area contributed by atoms with E-state index >= 15 is 0 Å². The van der Waals surface area contributed by atoms with E-state index in [-0.39, 0.29) is 49.2 Å². The molecule has 0 saturated carbocycles. The summed E-state index contributed by atoms with van der Waals surface area (Å²) in [6.45, 7) is 17.6. The van der Waals surface area contributed by atoms with Gasteiger partial charge in [0.2, 0.25) is 6.29 Å². The standard InChI is InChI=1S/C28H44O6/c1-9-25-18(4)16(2)20(6)27(33-25)31-14-23-10-12-24(13-11-23)32-28-21(7)17(3)19(5)26(34-28)15-30-22(8)29/h10-13,16-21,25-28H,9,14-15H2,1-8H3/t16-,17-,18-,19+,20?,21?,25?,26?,27+,28+/m0/s1. The Balaban J connectivity index is 1.56. The van der Waals surface area contributed by atoms with E-state index in [0.29, 0.717) is 30.3 Å². The Hall–Kier alpha value is -1.63. The van der Waals surface area contributed by atoms with Crippen LogP contribution in [0.1, 0.15) is 67.4 Å². The van der Waals surface area contributed by atoms with Crippen LogP contribution in [0, 0.1) is 35.5 Å². The van der Waals surface area contributed by atoms with Gasteiger partial charge in [-0.15, -0.1) is 0 Å². The molecule has 6 heteroatoms. The molecule has 1 aromatic carbocycles. The summed E-state index contributed by atoms with van der Waals surface area (Å²) >= 11 is 0. The molecule has 2 aliphatic heterocycles. The van der Waals surface area contributed by atoms with Crippen LogP contribution < -0.4 is 4.74 Å². The van der Waals surface area contributed by atoms with Crippen LogP contribution in [0.25, 0.3) is 0 Å². The van der Waals surface area contributed by atoms with Crippen molar-refractivity contribution in [3.8, 4) is 5.75 Å². The van der Waals surface area contributed by atoms with E-state index in [1.807, 2.05) is 24.3 Å². The summed E-state index contributed by atoms with van der Waals surface area (Å²) in [7, 11) is 0. The molecule has 0 aromatic heterocycles. The Bertz CT molecular complexity index is 778. The van der Waals surface area contributed by atoms with Crippen molar-refractivity contribution in [2.45, 2.75) is 93.2 Å². The van der Waals surface area contributed by atoms with Crippen molar-refractivity contribution in [1.29, 1.82) is 0 Å². The topological polar surface area (TPSA) is 63.2 Å². The molecule has 0 aliphatic carbocycles. The van der Waals surface area contributed by atoms with E-state index in [1.54, 1.807) is 0 Å². The molecule has 2 heterocycles. The zero-order valence-electron chi connectivity index (χ0n) is 22.2. The van der Waals surface area contributed by atoms with Crippen molar-refractivity contribution in [3.05, 3.63) is 29.8 Å². The third kappa shape index (κ3) is 6.32. The maximum Gasteiger partial charge on any atom is 0.302 e. The molecule has 2 aliphatic rings. The van der Waals surface area contributed by atoms with Gasteiger partial charge in [-0.2, -0.15) is 0 Å². The monoisotopic (exact) mass is 476 g/mol. The average Bonchev–Trinajstić information content (AvgIpc) is 2.82. The van der Waals surface area contributed by atoms with Crippen molar-refractivity contribution in [1.82, 2.24) is 0 Å². The number of carbonyl (C=O) groups is 1. The van der Waals surface area contributed by atoms with E-state index in [9.17, 15) is 4.79 Å². The lowest BCUT2D eigenvalue weighted by molar-refractivity contribution is -0.252. The van der Waals surface area contributed by atoms with Crippen molar-refractivity contribution in [3.63, 3.8) is 0 Å². The molecule has 0 amide bonds. The van der Waals surface area contributed by atoms with Gasteiger partial charge in [-0.25, -0.2) is 0 Å². The third-order valence-electron chi connectivity index (χ3n) is 8.41. The van der Waals surface area contributed by atoms with Crippen LogP contribution in [-0.2, 0) is 30.3 Å². The highest BCUT2D eigenvalue weighted by atomic mass is 16.7. The quantitative estimate of drug-likeness (QED) is 0.441. The van der Waals surface area contributed by atoms with E-state index in [0.717, 1.165) is 17.7 Å². The number of esters is 1. The van der Waals surface area contributed by atoms with Gasteiger partial charge in [-0.1, -0.05) is 60.6 Å². The molecular formula is C28H44O6. The summed E-state index contributed by atoms with van der Waals surface area (Å²) < 4.78 is 30.1. The molecule has 4 unspecified atom stereocenters. The van der Waals surface area contributed by atoms with Crippen molar-refractivity contribution in [2.24, 2.45) is 35.5 Å². The molecule has 0 bridgehead atoms. The number of hydrogen-bond donors (Lipinski definition) is 0. The molecule has 2 fully saturated rings. The third-order valence-corrected chi connectivity index (χ3v) is 8.41. The zero-order valence-corrected chi connectivity index (χ0v) is 22.2. The van der Waals surface area contributed by atoms with Gasteiger partial charge in [-0.3, -0.25) is 4.79 Å². The normalized spacial score (nSPS) is 38.4. The van der Waals surface area contributed by atoms with E-state index in [1.165, 1.54) is 6.92 Å². The maximum atomic E-state index is 11.3. The van der Waals surface area contributed by atoms with Crippen LogP contribution in [0.4, 0.5) is 0 Å². The van der Waals surface area contributed by atoms with Gasteiger partial charge in [0.25, 0.3) is 0 Å². The van der Waals surface area contributed by atoms with Crippen LogP contribution in [0.2, 0.25) is 0 Å². The largest absolute Gasteiger partial charge is 0.465 e. The van der Waals surface area contributed by atoms with Crippen LogP contribution in [0.5, 0.6) is 5.75 Å². The number of carbonyl (C=O) groups excluding carboxylic acids is 1. The first-order chi connectivity index (χ1) is 16.1. The molecule has 6 nitrogen and oxygen atoms in total. The maximum absolute atomic E-state index is 11.3. The summed E-state index contributed by atoms with van der Waals surface area (Å²) in [6, 6.07) is 7.98. The lowest BCUT2D eigenvalue weighted by Crippen LogP contribution is -2.49. The number of rotatable bonds is 8. The highest BCUT2D eigenvalue weighted by Gasteiger charge is 2.41. The predicted molar refractivity (Wildman–Crippen MR) is 131 cm³/mol. The van der Waals surface area contributed by atoms with E-state index in [4.69, 9.17) is 23.7 Å². The van der Waals surface area contributed by atoms with Crippen molar-refractivity contribution < 1.29 is 28.5 Å². The Labute approximate surface area is 205 Å². The fourth-order valence-corrected chi connectivity index (χ4v) is 5.13. The second-order valence-corrected chi connectivity index (χ2v) is 10.5. The van der Waals surface area contributed by atoms with Crippen LogP contribution >= 0.6 is 0 Å². The minimum atomic E-state index is -0.389. The minimum Gasteiger partial charge on any atom is -0.465 e. The summed E-state index contributed by atoms with van der Waals surface area (Å²) in [5.41, 5.74) is 1.08. The molecular weight excluding hydrogens is 432 g/mol. The number of ether oxygens (including phenoxy) is 5. The van der Waals surface area contributed by atoms with Crippen molar-refractivity contribution in [2.75, 3.05) is 6.61 Å². The Morgan fingerprint density at radius 2 is 1.35 bits per heavy atom. The van der Waals surface area contributed by atoms with Gasteiger partial charge in [-0.05, 0) is 47.8 Å². The molecule has 1 aromatic rings. The molecule has 0 radical (unpaired) electrons. The Morgan fingerprint density at radius 1 is 0.794 bits per heavy atom. The Kier molecular flexibility index (Phi) is 9.41. The van der Waals surface area contributed by atoms with Crippen LogP contribution in [0.3, 0.4) is 0 Å². The summed E-state index contributed by atoms with van der Waals surface area (Å²) in [5.74, 6) is 2.79. The fourth-order valence-electron chi connectivity index (χ4n) is 5.13. The molecule has 2 saturated heterocycles. The van der Waals surface area contributed by atoms with E-state index in [2.05, 4.69) is 48.5 Å². The highest BCUT2D eigenvalue weighted by Crippen LogP contribution is 2.38. The molecule has 10 atom stereocenters. The summed E-state index contributed by atoms with van der Waals surface area (Å²) in [6.07, 6.45) is 0.507. The van der Waals surface area contributed by atoms with Gasteiger partial charge in [0.05, 0.1) is 18.8 Å². The van der Waals surface area contributed by atoms with Gasteiger partial charge in [0.15, 0.2) is 6.29 Å².